The molecule has 2 fully saturated rings. The van der Waals surface area contributed by atoms with Gasteiger partial charge in [0.15, 0.2) is 0 Å². The third kappa shape index (κ3) is 8.15. The van der Waals surface area contributed by atoms with E-state index in [1.165, 1.54) is 5.56 Å². The number of rotatable bonds is 5. The first-order valence-corrected chi connectivity index (χ1v) is 8.49. The quantitative estimate of drug-likeness (QED) is 0.820. The molecule has 0 radical (unpaired) electrons. The van der Waals surface area contributed by atoms with Crippen LogP contribution in [0.5, 0.6) is 0 Å². The van der Waals surface area contributed by atoms with E-state index in [1.54, 1.807) is 0 Å². The Morgan fingerprint density at radius 3 is 1.92 bits per heavy atom. The number of ether oxygens (including phenoxy) is 2. The van der Waals surface area contributed by atoms with E-state index in [4.69, 9.17) is 4.74 Å². The lowest BCUT2D eigenvalue weighted by Crippen LogP contribution is -2.50. The van der Waals surface area contributed by atoms with Crippen molar-refractivity contribution in [2.24, 2.45) is 0 Å². The summed E-state index contributed by atoms with van der Waals surface area (Å²) in [6.07, 6.45) is 0.209. The molecule has 0 saturated carbocycles. The number of benzene rings is 1. The Morgan fingerprint density at radius 1 is 0.958 bits per heavy atom. The largest absolute Gasteiger partial charge is 0.371 e. The monoisotopic (exact) mass is 344 g/mol. The van der Waals surface area contributed by atoms with Gasteiger partial charge >= 0.3 is 6.61 Å². The lowest BCUT2D eigenvalue weighted by atomic mass is 10.2. The Morgan fingerprint density at radius 2 is 1.46 bits per heavy atom. The molecule has 0 unspecified atom stereocenters. The zero-order valence-corrected chi connectivity index (χ0v) is 15.1. The number of hydrogen-bond donors (Lipinski definition) is 0. The molecule has 0 N–H and O–H groups in total. The highest BCUT2D eigenvalue weighted by atomic mass is 19.3. The topological polar surface area (TPSA) is 24.9 Å². The zero-order chi connectivity index (χ0) is 17.9. The molecular formula is C18H30F2N2O2. The fourth-order valence-corrected chi connectivity index (χ4v) is 2.41. The molecule has 1 aromatic rings. The smallest absolute Gasteiger partial charge is 0.345 e. The SMILES string of the molecule is CC.CN1CC(OC(F)F)C1.CN1CC(OCc2ccccc2)C1. The number of halogens is 2. The highest BCUT2D eigenvalue weighted by Crippen LogP contribution is 2.12. The van der Waals surface area contributed by atoms with E-state index >= 15 is 0 Å². The molecule has 0 bridgehead atoms. The summed E-state index contributed by atoms with van der Waals surface area (Å²) < 4.78 is 32.7. The van der Waals surface area contributed by atoms with Crippen molar-refractivity contribution in [1.29, 1.82) is 0 Å². The van der Waals surface area contributed by atoms with Crippen LogP contribution in [-0.4, -0.2) is 68.9 Å². The van der Waals surface area contributed by atoms with E-state index in [-0.39, 0.29) is 6.10 Å². The Labute approximate surface area is 144 Å². The summed E-state index contributed by atoms with van der Waals surface area (Å²) in [5.74, 6) is 0. The second kappa shape index (κ2) is 11.5. The van der Waals surface area contributed by atoms with Crippen LogP contribution >= 0.6 is 0 Å². The number of likely N-dealkylation sites (N-methyl/N-ethyl adjacent to an activating group) is 2. The zero-order valence-electron chi connectivity index (χ0n) is 15.1. The molecule has 2 saturated heterocycles. The molecule has 6 heteroatoms. The van der Waals surface area contributed by atoms with Gasteiger partial charge in [0, 0.05) is 26.2 Å². The van der Waals surface area contributed by atoms with Crippen LogP contribution in [0.3, 0.4) is 0 Å². The van der Waals surface area contributed by atoms with Crippen LogP contribution < -0.4 is 0 Å². The van der Waals surface area contributed by atoms with Crippen molar-refractivity contribution < 1.29 is 18.3 Å². The van der Waals surface area contributed by atoms with Gasteiger partial charge in [-0.3, -0.25) is 0 Å². The summed E-state index contributed by atoms with van der Waals surface area (Å²) in [6, 6.07) is 10.3. The van der Waals surface area contributed by atoms with E-state index in [2.05, 4.69) is 28.8 Å². The van der Waals surface area contributed by atoms with E-state index < -0.39 is 6.61 Å². The van der Waals surface area contributed by atoms with Crippen molar-refractivity contribution in [3.8, 4) is 0 Å². The number of likely N-dealkylation sites (tertiary alicyclic amines) is 2. The van der Waals surface area contributed by atoms with Crippen molar-refractivity contribution in [1.82, 2.24) is 9.80 Å². The van der Waals surface area contributed by atoms with Crippen LogP contribution in [0.2, 0.25) is 0 Å². The maximum atomic E-state index is 11.4. The summed E-state index contributed by atoms with van der Waals surface area (Å²) >= 11 is 0. The predicted molar refractivity (Wildman–Crippen MR) is 92.2 cm³/mol. The van der Waals surface area contributed by atoms with Gasteiger partial charge in [-0.1, -0.05) is 44.2 Å². The first-order chi connectivity index (χ1) is 11.5. The average Bonchev–Trinajstić information content (AvgIpc) is 2.52. The summed E-state index contributed by atoms with van der Waals surface area (Å²) in [6.45, 7) is 5.55. The third-order valence-electron chi connectivity index (χ3n) is 3.69. The average molecular weight is 344 g/mol. The minimum atomic E-state index is -2.61. The number of nitrogens with zero attached hydrogens (tertiary/aromatic N) is 2. The second-order valence-corrected chi connectivity index (χ2v) is 5.88. The van der Waals surface area contributed by atoms with Crippen molar-refractivity contribution >= 4 is 0 Å². The van der Waals surface area contributed by atoms with Crippen LogP contribution in [0.25, 0.3) is 0 Å². The Kier molecular flexibility index (Phi) is 10.0. The third-order valence-corrected chi connectivity index (χ3v) is 3.69. The van der Waals surface area contributed by atoms with Gasteiger partial charge < -0.3 is 19.3 Å². The van der Waals surface area contributed by atoms with Crippen LogP contribution in [0, 0.1) is 0 Å². The molecule has 0 aromatic heterocycles. The Bertz CT molecular complexity index is 422. The van der Waals surface area contributed by atoms with E-state index in [1.807, 2.05) is 44.0 Å². The molecule has 2 aliphatic heterocycles. The highest BCUT2D eigenvalue weighted by Gasteiger charge is 2.26. The van der Waals surface area contributed by atoms with Crippen molar-refractivity contribution in [3.05, 3.63) is 35.9 Å². The molecule has 0 spiro atoms. The Balaban J connectivity index is 0.000000230. The molecule has 2 heterocycles. The first kappa shape index (κ1) is 21.0. The first-order valence-electron chi connectivity index (χ1n) is 8.49. The van der Waals surface area contributed by atoms with Crippen LogP contribution in [0.1, 0.15) is 19.4 Å². The van der Waals surface area contributed by atoms with Crippen LogP contribution in [0.4, 0.5) is 8.78 Å². The standard InChI is InChI=1S/C11H15NO.C5H9F2NO.C2H6/c1-12-7-11(8-12)13-9-10-5-3-2-4-6-10;1-8-2-4(3-8)9-5(6)7;1-2/h2-6,11H,7-9H2,1H3;4-5H,2-3H2,1H3;1-2H3. The Hall–Kier alpha value is -1.08. The van der Waals surface area contributed by atoms with Gasteiger partial charge in [-0.25, -0.2) is 0 Å². The van der Waals surface area contributed by atoms with Crippen molar-refractivity contribution in [3.63, 3.8) is 0 Å². The molecular weight excluding hydrogens is 314 g/mol. The summed E-state index contributed by atoms with van der Waals surface area (Å²) in [5, 5.41) is 0. The van der Waals surface area contributed by atoms with E-state index in [0.29, 0.717) is 19.2 Å². The molecule has 0 aliphatic carbocycles. The van der Waals surface area contributed by atoms with Gasteiger partial charge in [-0.2, -0.15) is 8.78 Å². The molecule has 4 nitrogen and oxygen atoms in total. The van der Waals surface area contributed by atoms with Gasteiger partial charge in [-0.15, -0.1) is 0 Å². The van der Waals surface area contributed by atoms with Gasteiger partial charge in [0.05, 0.1) is 18.8 Å². The molecule has 0 atom stereocenters. The normalized spacial score (nSPS) is 18.8. The lowest BCUT2D eigenvalue weighted by molar-refractivity contribution is -0.192. The highest BCUT2D eigenvalue weighted by molar-refractivity contribution is 5.13. The predicted octanol–water partition coefficient (Wildman–Crippen LogP) is 3.08. The number of hydrogen-bond acceptors (Lipinski definition) is 4. The van der Waals surface area contributed by atoms with E-state index in [9.17, 15) is 8.78 Å². The molecule has 3 rings (SSSR count). The maximum Gasteiger partial charge on any atom is 0.345 e. The van der Waals surface area contributed by atoms with Crippen LogP contribution in [-0.2, 0) is 16.1 Å². The van der Waals surface area contributed by atoms with Crippen molar-refractivity contribution in [2.45, 2.75) is 39.3 Å². The van der Waals surface area contributed by atoms with Crippen LogP contribution in [0.15, 0.2) is 30.3 Å². The van der Waals surface area contributed by atoms with Gasteiger partial charge in [-0.05, 0) is 19.7 Å². The fraction of sp³-hybridized carbons (Fsp3) is 0.667. The van der Waals surface area contributed by atoms with Crippen molar-refractivity contribution in [2.75, 3.05) is 40.3 Å². The molecule has 0 amide bonds. The summed E-state index contributed by atoms with van der Waals surface area (Å²) in [5.41, 5.74) is 1.26. The molecule has 138 valence electrons. The summed E-state index contributed by atoms with van der Waals surface area (Å²) in [4.78, 5) is 4.18. The lowest BCUT2D eigenvalue weighted by Gasteiger charge is -2.35. The van der Waals surface area contributed by atoms with E-state index in [0.717, 1.165) is 19.7 Å². The summed E-state index contributed by atoms with van der Waals surface area (Å²) in [7, 11) is 3.98. The molecule has 2 aliphatic rings. The minimum absolute atomic E-state index is 0.241. The molecule has 1 aromatic carbocycles. The fourth-order valence-electron chi connectivity index (χ4n) is 2.41. The maximum absolute atomic E-state index is 11.4. The van der Waals surface area contributed by atoms with Gasteiger partial charge in [0.1, 0.15) is 0 Å². The molecule has 24 heavy (non-hydrogen) atoms. The number of alkyl halides is 2. The van der Waals surface area contributed by atoms with Gasteiger partial charge in [0.2, 0.25) is 0 Å². The van der Waals surface area contributed by atoms with Gasteiger partial charge in [0.25, 0.3) is 0 Å². The minimum Gasteiger partial charge on any atom is -0.371 e. The second-order valence-electron chi connectivity index (χ2n) is 5.88.